The number of fused-ring (bicyclic) bond motifs is 1. The van der Waals surface area contributed by atoms with Crippen molar-refractivity contribution in [1.29, 1.82) is 0 Å². The van der Waals surface area contributed by atoms with Gasteiger partial charge in [0.15, 0.2) is 12.7 Å². The lowest BCUT2D eigenvalue weighted by Crippen LogP contribution is -2.52. The number of anilines is 1. The Morgan fingerprint density at radius 2 is 1.77 bits per heavy atom. The van der Waals surface area contributed by atoms with Crippen LogP contribution in [-0.2, 0) is 26.0 Å². The molecular weight excluding hydrogens is 518 g/mol. The number of nitrogens with zero attached hydrogens (tertiary/aromatic N) is 1. The molecule has 1 atom stereocenters. The first-order chi connectivity index (χ1) is 18.6. The van der Waals surface area contributed by atoms with Crippen LogP contribution < -0.4 is 24.4 Å². The van der Waals surface area contributed by atoms with Crippen LogP contribution in [-0.4, -0.2) is 52.1 Å². The summed E-state index contributed by atoms with van der Waals surface area (Å²) in [6.45, 7) is 5.39. The molecule has 10 heteroatoms. The van der Waals surface area contributed by atoms with Crippen LogP contribution in [0.25, 0.3) is 0 Å². The minimum absolute atomic E-state index is 0.0351. The summed E-state index contributed by atoms with van der Waals surface area (Å²) in [5, 5.41) is 2.90. The maximum Gasteiger partial charge on any atom is 0.265 e. The highest BCUT2D eigenvalue weighted by Gasteiger charge is 2.34. The van der Waals surface area contributed by atoms with Crippen molar-refractivity contribution in [3.05, 3.63) is 83.9 Å². The van der Waals surface area contributed by atoms with E-state index >= 15 is 0 Å². The molecule has 3 aromatic carbocycles. The van der Waals surface area contributed by atoms with Crippen molar-refractivity contribution in [2.24, 2.45) is 0 Å². The molecule has 2 amide bonds. The number of para-hydroxylation sites is 2. The second-order valence-electron chi connectivity index (χ2n) is 9.60. The molecule has 206 valence electrons. The van der Waals surface area contributed by atoms with Gasteiger partial charge in [0.1, 0.15) is 11.5 Å². The largest absolute Gasteiger partial charge is 0.483 e. The van der Waals surface area contributed by atoms with Gasteiger partial charge in [0, 0.05) is 12.6 Å². The van der Waals surface area contributed by atoms with E-state index < -0.39 is 16.1 Å². The fourth-order valence-electron chi connectivity index (χ4n) is 4.24. The zero-order valence-electron chi connectivity index (χ0n) is 22.2. The molecule has 1 aliphatic heterocycles. The van der Waals surface area contributed by atoms with E-state index in [1.807, 2.05) is 30.3 Å². The summed E-state index contributed by atoms with van der Waals surface area (Å²) in [5.41, 5.74) is 2.24. The molecule has 39 heavy (non-hydrogen) atoms. The topological polar surface area (TPSA) is 114 Å². The monoisotopic (exact) mass is 551 g/mol. The van der Waals surface area contributed by atoms with Crippen LogP contribution in [0.15, 0.2) is 77.7 Å². The number of benzene rings is 3. The molecule has 0 saturated heterocycles. The number of aryl methyl sites for hydroxylation is 1. The Morgan fingerprint density at radius 1 is 1.05 bits per heavy atom. The molecule has 0 radical (unpaired) electrons. The Balaban J connectivity index is 1.41. The van der Waals surface area contributed by atoms with Crippen LogP contribution in [0.4, 0.5) is 5.69 Å². The highest BCUT2D eigenvalue weighted by Crippen LogP contribution is 2.33. The third-order valence-electron chi connectivity index (χ3n) is 6.12. The Hall–Kier alpha value is -3.89. The summed E-state index contributed by atoms with van der Waals surface area (Å²) in [5.74, 6) is 0.166. The number of hydrogen-bond donors (Lipinski definition) is 2. The SMILES string of the molecule is Cc1cc(S(=O)(=O)NC(C)C)ccc1OCC(=O)N1C[C@H](C(=O)NCCc2ccccc2)Oc2ccccc21. The molecule has 1 aliphatic rings. The van der Waals surface area contributed by atoms with Gasteiger partial charge in [-0.2, -0.15) is 0 Å². The Morgan fingerprint density at radius 3 is 2.49 bits per heavy atom. The minimum atomic E-state index is -3.65. The lowest BCUT2D eigenvalue weighted by atomic mass is 10.1. The number of amides is 2. The Bertz CT molecular complexity index is 1430. The fourth-order valence-corrected chi connectivity index (χ4v) is 5.58. The molecular formula is C29H33N3O6S. The van der Waals surface area contributed by atoms with Crippen molar-refractivity contribution in [2.45, 2.75) is 44.2 Å². The summed E-state index contributed by atoms with van der Waals surface area (Å²) in [6.07, 6.45) is -0.196. The maximum absolute atomic E-state index is 13.3. The molecule has 3 aromatic rings. The summed E-state index contributed by atoms with van der Waals surface area (Å²) in [7, 11) is -3.65. The molecule has 9 nitrogen and oxygen atoms in total. The Labute approximate surface area is 229 Å². The third kappa shape index (κ3) is 7.15. The van der Waals surface area contributed by atoms with Gasteiger partial charge in [-0.3, -0.25) is 9.59 Å². The van der Waals surface area contributed by atoms with Gasteiger partial charge in [0.2, 0.25) is 10.0 Å². The molecule has 1 heterocycles. The number of ether oxygens (including phenoxy) is 2. The number of carbonyl (C=O) groups excluding carboxylic acids is 2. The van der Waals surface area contributed by atoms with E-state index in [0.29, 0.717) is 35.7 Å². The normalized spacial score (nSPS) is 14.9. The quantitative estimate of drug-likeness (QED) is 0.400. The fraction of sp³-hybridized carbons (Fsp3) is 0.310. The van der Waals surface area contributed by atoms with Gasteiger partial charge >= 0.3 is 0 Å². The first-order valence-corrected chi connectivity index (χ1v) is 14.3. The number of hydrogen-bond acceptors (Lipinski definition) is 6. The van der Waals surface area contributed by atoms with E-state index in [1.165, 1.54) is 23.1 Å². The van der Waals surface area contributed by atoms with Gasteiger partial charge in [0.25, 0.3) is 11.8 Å². The van der Waals surface area contributed by atoms with Crippen LogP contribution >= 0.6 is 0 Å². The van der Waals surface area contributed by atoms with Gasteiger partial charge < -0.3 is 19.7 Å². The van der Waals surface area contributed by atoms with Crippen LogP contribution in [0, 0.1) is 6.92 Å². The standard InChI is InChI=1S/C29H33N3O6S/c1-20(2)31-39(35,36)23-13-14-25(21(3)17-23)37-19-28(33)32-18-27(38-26-12-8-7-11-24(26)32)29(34)30-16-15-22-9-5-4-6-10-22/h4-14,17,20,27,31H,15-16,18-19H2,1-3H3,(H,30,34)/t27-/m1/s1. The van der Waals surface area contributed by atoms with Crippen LogP contribution in [0.2, 0.25) is 0 Å². The summed E-state index contributed by atoms with van der Waals surface area (Å²) in [4.78, 5) is 27.8. The Kier molecular flexibility index (Phi) is 8.88. The molecule has 0 bridgehead atoms. The predicted octanol–water partition coefficient (Wildman–Crippen LogP) is 3.21. The van der Waals surface area contributed by atoms with Crippen molar-refractivity contribution < 1.29 is 27.5 Å². The average molecular weight is 552 g/mol. The van der Waals surface area contributed by atoms with Crippen molar-refractivity contribution >= 4 is 27.5 Å². The van der Waals surface area contributed by atoms with Gasteiger partial charge in [-0.05, 0) is 68.7 Å². The average Bonchev–Trinajstić information content (AvgIpc) is 2.91. The van der Waals surface area contributed by atoms with E-state index in [-0.39, 0.29) is 35.9 Å². The second-order valence-corrected chi connectivity index (χ2v) is 11.3. The van der Waals surface area contributed by atoms with Crippen LogP contribution in [0.3, 0.4) is 0 Å². The highest BCUT2D eigenvalue weighted by molar-refractivity contribution is 7.89. The lowest BCUT2D eigenvalue weighted by Gasteiger charge is -2.34. The number of carbonyl (C=O) groups is 2. The zero-order chi connectivity index (χ0) is 28.0. The van der Waals surface area contributed by atoms with E-state index in [1.54, 1.807) is 45.0 Å². The lowest BCUT2D eigenvalue weighted by molar-refractivity contribution is -0.128. The number of nitrogens with one attached hydrogen (secondary N) is 2. The summed E-state index contributed by atoms with van der Waals surface area (Å²) in [6, 6.07) is 21.1. The second kappa shape index (κ2) is 12.3. The van der Waals surface area contributed by atoms with Crippen molar-refractivity contribution in [2.75, 3.05) is 24.6 Å². The van der Waals surface area contributed by atoms with Crippen molar-refractivity contribution in [1.82, 2.24) is 10.0 Å². The first-order valence-electron chi connectivity index (χ1n) is 12.8. The number of sulfonamides is 1. The highest BCUT2D eigenvalue weighted by atomic mass is 32.2. The van der Waals surface area contributed by atoms with E-state index in [0.717, 1.165) is 5.56 Å². The summed E-state index contributed by atoms with van der Waals surface area (Å²) >= 11 is 0. The maximum atomic E-state index is 13.3. The smallest absolute Gasteiger partial charge is 0.265 e. The van der Waals surface area contributed by atoms with Gasteiger partial charge in [-0.1, -0.05) is 42.5 Å². The molecule has 0 spiro atoms. The molecule has 0 unspecified atom stereocenters. The minimum Gasteiger partial charge on any atom is -0.483 e. The molecule has 0 saturated carbocycles. The predicted molar refractivity (Wildman–Crippen MR) is 148 cm³/mol. The first kappa shape index (κ1) is 28.1. The van der Waals surface area contributed by atoms with E-state index in [9.17, 15) is 18.0 Å². The third-order valence-corrected chi connectivity index (χ3v) is 7.78. The molecule has 2 N–H and O–H groups in total. The van der Waals surface area contributed by atoms with Crippen LogP contribution in [0.5, 0.6) is 11.5 Å². The van der Waals surface area contributed by atoms with Gasteiger partial charge in [0.05, 0.1) is 17.1 Å². The molecule has 0 aromatic heterocycles. The van der Waals surface area contributed by atoms with Gasteiger partial charge in [-0.15, -0.1) is 0 Å². The molecule has 0 fully saturated rings. The van der Waals surface area contributed by atoms with Crippen molar-refractivity contribution in [3.63, 3.8) is 0 Å². The zero-order valence-corrected chi connectivity index (χ0v) is 23.0. The van der Waals surface area contributed by atoms with E-state index in [4.69, 9.17) is 9.47 Å². The number of rotatable bonds is 10. The van der Waals surface area contributed by atoms with E-state index in [2.05, 4.69) is 10.0 Å². The van der Waals surface area contributed by atoms with Crippen molar-refractivity contribution in [3.8, 4) is 11.5 Å². The van der Waals surface area contributed by atoms with Crippen LogP contribution in [0.1, 0.15) is 25.0 Å². The molecule has 4 rings (SSSR count). The molecule has 0 aliphatic carbocycles. The summed E-state index contributed by atoms with van der Waals surface area (Å²) < 4.78 is 39.2. The van der Waals surface area contributed by atoms with Gasteiger partial charge in [-0.25, -0.2) is 13.1 Å².